The Morgan fingerprint density at radius 2 is 1.96 bits per heavy atom. The van der Waals surface area contributed by atoms with Crippen LogP contribution >= 0.6 is 0 Å². The third-order valence-corrected chi connectivity index (χ3v) is 4.07. The van der Waals surface area contributed by atoms with E-state index < -0.39 is 0 Å². The Bertz CT molecular complexity index is 720. The van der Waals surface area contributed by atoms with E-state index in [1.165, 1.54) is 12.1 Å². The van der Waals surface area contributed by atoms with Crippen LogP contribution in [-0.4, -0.2) is 60.2 Å². The topological polar surface area (TPSA) is 79.4 Å². The van der Waals surface area contributed by atoms with Crippen molar-refractivity contribution in [3.63, 3.8) is 0 Å². The van der Waals surface area contributed by atoms with Crippen LogP contribution in [0.4, 0.5) is 10.3 Å². The van der Waals surface area contributed by atoms with Crippen LogP contribution in [0.15, 0.2) is 36.5 Å². The Kier molecular flexibility index (Phi) is 6.45. The molecule has 0 saturated carbocycles. The van der Waals surface area contributed by atoms with Gasteiger partial charge in [0.1, 0.15) is 11.5 Å². The Hall–Kier alpha value is -2.58. The quantitative estimate of drug-likeness (QED) is 0.776. The van der Waals surface area contributed by atoms with Gasteiger partial charge in [-0.05, 0) is 23.8 Å². The minimum atomic E-state index is -0.302. The normalized spacial score (nSPS) is 14.8. The number of hydrogen-bond acceptors (Lipinski definition) is 6. The summed E-state index contributed by atoms with van der Waals surface area (Å²) in [6, 6.07) is 7.56. The molecule has 0 aliphatic carbocycles. The van der Waals surface area contributed by atoms with Gasteiger partial charge in [0.2, 0.25) is 5.95 Å². The van der Waals surface area contributed by atoms with Crippen LogP contribution < -0.4 is 10.6 Å². The highest BCUT2D eigenvalue weighted by Crippen LogP contribution is 2.04. The van der Waals surface area contributed by atoms with Crippen molar-refractivity contribution >= 4 is 11.9 Å². The molecule has 1 aliphatic heterocycles. The van der Waals surface area contributed by atoms with Crippen molar-refractivity contribution in [2.24, 2.45) is 0 Å². The Balaban J connectivity index is 1.47. The monoisotopic (exact) mass is 359 g/mol. The van der Waals surface area contributed by atoms with Gasteiger partial charge in [-0.25, -0.2) is 14.4 Å². The second-order valence-corrected chi connectivity index (χ2v) is 5.96. The first-order valence-corrected chi connectivity index (χ1v) is 8.60. The molecule has 138 valence electrons. The fourth-order valence-electron chi connectivity index (χ4n) is 2.60. The van der Waals surface area contributed by atoms with Crippen LogP contribution in [0, 0.1) is 5.82 Å². The van der Waals surface area contributed by atoms with Gasteiger partial charge < -0.3 is 15.4 Å². The zero-order valence-electron chi connectivity index (χ0n) is 14.4. The fourth-order valence-corrected chi connectivity index (χ4v) is 2.60. The largest absolute Gasteiger partial charge is 0.379 e. The van der Waals surface area contributed by atoms with Crippen molar-refractivity contribution in [3.8, 4) is 0 Å². The van der Waals surface area contributed by atoms with Gasteiger partial charge in [0, 0.05) is 38.9 Å². The van der Waals surface area contributed by atoms with E-state index >= 15 is 0 Å². The number of rotatable bonds is 7. The van der Waals surface area contributed by atoms with E-state index in [9.17, 15) is 9.18 Å². The van der Waals surface area contributed by atoms with Crippen LogP contribution in [0.25, 0.3) is 0 Å². The number of hydrogen-bond donors (Lipinski definition) is 2. The van der Waals surface area contributed by atoms with Gasteiger partial charge in [-0.15, -0.1) is 0 Å². The maximum atomic E-state index is 12.9. The molecule has 7 nitrogen and oxygen atoms in total. The van der Waals surface area contributed by atoms with Crippen molar-refractivity contribution in [2.45, 2.75) is 6.54 Å². The third-order valence-electron chi connectivity index (χ3n) is 4.07. The predicted molar refractivity (Wildman–Crippen MR) is 95.4 cm³/mol. The first-order chi connectivity index (χ1) is 12.7. The smallest absolute Gasteiger partial charge is 0.270 e. The number of ether oxygens (including phenoxy) is 1. The maximum absolute atomic E-state index is 12.9. The summed E-state index contributed by atoms with van der Waals surface area (Å²) < 4.78 is 18.2. The number of amides is 1. The summed E-state index contributed by atoms with van der Waals surface area (Å²) in [6.45, 7) is 5.25. The average Bonchev–Trinajstić information content (AvgIpc) is 2.68. The van der Waals surface area contributed by atoms with Gasteiger partial charge in [0.05, 0.1) is 13.2 Å². The minimum absolute atomic E-state index is 0.288. The molecule has 1 aromatic heterocycles. The summed E-state index contributed by atoms with van der Waals surface area (Å²) in [6.07, 6.45) is 1.55. The van der Waals surface area contributed by atoms with Crippen LogP contribution in [0.1, 0.15) is 16.1 Å². The molecule has 0 spiro atoms. The molecule has 2 heterocycles. The van der Waals surface area contributed by atoms with Crippen LogP contribution in [0.2, 0.25) is 0 Å². The molecule has 1 amide bonds. The zero-order chi connectivity index (χ0) is 18.2. The lowest BCUT2D eigenvalue weighted by molar-refractivity contribution is 0.0398. The molecule has 0 atom stereocenters. The number of anilines is 1. The van der Waals surface area contributed by atoms with E-state index in [0.717, 1.165) is 38.4 Å². The highest BCUT2D eigenvalue weighted by atomic mass is 19.1. The highest BCUT2D eigenvalue weighted by molar-refractivity contribution is 5.92. The predicted octanol–water partition coefficient (Wildman–Crippen LogP) is 1.29. The summed E-state index contributed by atoms with van der Waals surface area (Å²) >= 11 is 0. The summed E-state index contributed by atoms with van der Waals surface area (Å²) in [5, 5.41) is 5.91. The number of carbonyl (C=O) groups is 1. The van der Waals surface area contributed by atoms with E-state index in [-0.39, 0.29) is 17.4 Å². The van der Waals surface area contributed by atoms with Gasteiger partial charge in [-0.1, -0.05) is 12.1 Å². The van der Waals surface area contributed by atoms with Crippen LogP contribution in [-0.2, 0) is 11.3 Å². The van der Waals surface area contributed by atoms with E-state index in [0.29, 0.717) is 19.0 Å². The molecule has 1 saturated heterocycles. The molecule has 0 unspecified atom stereocenters. The standard InChI is InChI=1S/C18H22FN5O2/c19-15-3-1-14(2-4-15)13-22-17(25)16-5-6-20-18(23-16)21-7-8-24-9-11-26-12-10-24/h1-6H,7-13H2,(H,22,25)(H,20,21,23). The number of nitrogens with zero attached hydrogens (tertiary/aromatic N) is 3. The second kappa shape index (κ2) is 9.21. The average molecular weight is 359 g/mol. The number of nitrogens with one attached hydrogen (secondary N) is 2. The number of halogens is 1. The minimum Gasteiger partial charge on any atom is -0.379 e. The van der Waals surface area contributed by atoms with E-state index in [2.05, 4.69) is 25.5 Å². The Labute approximate surface area is 151 Å². The number of aromatic nitrogens is 2. The molecular formula is C18H22FN5O2. The SMILES string of the molecule is O=C(NCc1ccc(F)cc1)c1ccnc(NCCN2CCOCC2)n1. The number of carbonyl (C=O) groups excluding carboxylic acids is 1. The van der Waals surface area contributed by atoms with Gasteiger partial charge in [-0.2, -0.15) is 0 Å². The van der Waals surface area contributed by atoms with Crippen molar-refractivity contribution in [1.82, 2.24) is 20.2 Å². The summed E-state index contributed by atoms with van der Waals surface area (Å²) in [7, 11) is 0. The van der Waals surface area contributed by atoms with E-state index in [1.54, 1.807) is 24.4 Å². The lowest BCUT2D eigenvalue weighted by Gasteiger charge is -2.26. The van der Waals surface area contributed by atoms with Crippen molar-refractivity contribution < 1.29 is 13.9 Å². The lowest BCUT2D eigenvalue weighted by Crippen LogP contribution is -2.39. The fraction of sp³-hybridized carbons (Fsp3) is 0.389. The summed E-state index contributed by atoms with van der Waals surface area (Å²) in [4.78, 5) is 22.9. The molecule has 2 N–H and O–H groups in total. The molecule has 1 aliphatic rings. The number of benzene rings is 1. The lowest BCUT2D eigenvalue weighted by atomic mass is 10.2. The molecule has 2 aromatic rings. The molecule has 26 heavy (non-hydrogen) atoms. The molecule has 3 rings (SSSR count). The molecule has 0 bridgehead atoms. The van der Waals surface area contributed by atoms with Gasteiger partial charge >= 0.3 is 0 Å². The maximum Gasteiger partial charge on any atom is 0.270 e. The molecule has 8 heteroatoms. The summed E-state index contributed by atoms with van der Waals surface area (Å²) in [5.41, 5.74) is 1.11. The molecular weight excluding hydrogens is 337 g/mol. The first-order valence-electron chi connectivity index (χ1n) is 8.60. The number of morpholine rings is 1. The third kappa shape index (κ3) is 5.47. The molecule has 1 aromatic carbocycles. The summed E-state index contributed by atoms with van der Waals surface area (Å²) in [5.74, 6) is -0.177. The van der Waals surface area contributed by atoms with Gasteiger partial charge in [-0.3, -0.25) is 9.69 Å². The second-order valence-electron chi connectivity index (χ2n) is 5.96. The van der Waals surface area contributed by atoms with Crippen LogP contribution in [0.3, 0.4) is 0 Å². The van der Waals surface area contributed by atoms with Gasteiger partial charge in [0.25, 0.3) is 5.91 Å². The van der Waals surface area contributed by atoms with E-state index in [1.807, 2.05) is 0 Å². The van der Waals surface area contributed by atoms with Gasteiger partial charge in [0.15, 0.2) is 0 Å². The van der Waals surface area contributed by atoms with E-state index in [4.69, 9.17) is 4.74 Å². The molecule has 0 radical (unpaired) electrons. The zero-order valence-corrected chi connectivity index (χ0v) is 14.4. The Morgan fingerprint density at radius 1 is 1.19 bits per heavy atom. The highest BCUT2D eigenvalue weighted by Gasteiger charge is 2.11. The van der Waals surface area contributed by atoms with Crippen molar-refractivity contribution in [1.29, 1.82) is 0 Å². The van der Waals surface area contributed by atoms with Crippen molar-refractivity contribution in [2.75, 3.05) is 44.7 Å². The van der Waals surface area contributed by atoms with Crippen molar-refractivity contribution in [3.05, 3.63) is 53.6 Å². The van der Waals surface area contributed by atoms with Crippen LogP contribution in [0.5, 0.6) is 0 Å². The Morgan fingerprint density at radius 3 is 2.73 bits per heavy atom. The molecule has 1 fully saturated rings. The first kappa shape index (κ1) is 18.2.